The lowest BCUT2D eigenvalue weighted by Crippen LogP contribution is -2.46. The molecule has 3 rings (SSSR count). The number of carbonyl (C=O) groups excluding carboxylic acids is 1. The van der Waals surface area contributed by atoms with Crippen LogP contribution in [0.1, 0.15) is 32.6 Å². The Bertz CT molecular complexity index is 685. The van der Waals surface area contributed by atoms with Crippen LogP contribution in [0.15, 0.2) is 21.7 Å². The van der Waals surface area contributed by atoms with Gasteiger partial charge in [0, 0.05) is 26.2 Å². The first kappa shape index (κ1) is 19.8. The molecule has 2 fully saturated rings. The maximum absolute atomic E-state index is 12.7. The molecule has 0 aromatic carbocycles. The maximum Gasteiger partial charge on any atom is 0.252 e. The molecule has 1 N–H and O–H groups in total. The molecule has 0 bridgehead atoms. The van der Waals surface area contributed by atoms with E-state index in [4.69, 9.17) is 0 Å². The highest BCUT2D eigenvalue weighted by Gasteiger charge is 2.33. The third-order valence-corrected chi connectivity index (χ3v) is 8.48. The lowest BCUT2D eigenvalue weighted by Gasteiger charge is -2.31. The van der Waals surface area contributed by atoms with Gasteiger partial charge in [0.1, 0.15) is 4.21 Å². The average Bonchev–Trinajstić information content (AvgIpc) is 3.34. The van der Waals surface area contributed by atoms with Gasteiger partial charge in [-0.1, -0.05) is 13.0 Å². The monoisotopic (exact) mass is 399 g/mol. The fraction of sp³-hybridized carbons (Fsp3) is 0.722. The number of hydrogen-bond donors (Lipinski definition) is 1. The van der Waals surface area contributed by atoms with E-state index in [1.807, 2.05) is 0 Å². The van der Waals surface area contributed by atoms with E-state index in [1.54, 1.807) is 17.5 Å². The molecule has 146 valence electrons. The van der Waals surface area contributed by atoms with Crippen LogP contribution in [0.25, 0.3) is 0 Å². The van der Waals surface area contributed by atoms with Crippen LogP contribution >= 0.6 is 11.3 Å². The summed E-state index contributed by atoms with van der Waals surface area (Å²) in [5, 5.41) is 4.82. The van der Waals surface area contributed by atoms with Crippen molar-refractivity contribution >= 4 is 27.3 Å². The molecule has 2 aliphatic heterocycles. The van der Waals surface area contributed by atoms with Gasteiger partial charge < -0.3 is 10.2 Å². The van der Waals surface area contributed by atoms with Gasteiger partial charge in [-0.25, -0.2) is 8.42 Å². The fourth-order valence-corrected chi connectivity index (χ4v) is 6.47. The summed E-state index contributed by atoms with van der Waals surface area (Å²) < 4.78 is 27.2. The van der Waals surface area contributed by atoms with E-state index < -0.39 is 10.0 Å². The lowest BCUT2D eigenvalue weighted by molar-refractivity contribution is -0.126. The molecule has 2 aliphatic rings. The number of sulfonamides is 1. The van der Waals surface area contributed by atoms with E-state index in [1.165, 1.54) is 28.5 Å². The van der Waals surface area contributed by atoms with E-state index in [-0.39, 0.29) is 18.4 Å². The molecule has 0 spiro atoms. The van der Waals surface area contributed by atoms with Crippen LogP contribution in [0.4, 0.5) is 0 Å². The fourth-order valence-electron chi connectivity index (χ4n) is 3.80. The van der Waals surface area contributed by atoms with Crippen LogP contribution in [-0.2, 0) is 14.8 Å². The summed E-state index contributed by atoms with van der Waals surface area (Å²) in [6.07, 6.45) is 4.03. The minimum Gasteiger partial charge on any atom is -0.356 e. The molecule has 0 radical (unpaired) electrons. The van der Waals surface area contributed by atoms with Gasteiger partial charge >= 0.3 is 0 Å². The Kier molecular flexibility index (Phi) is 6.71. The first-order valence-corrected chi connectivity index (χ1v) is 11.8. The summed E-state index contributed by atoms with van der Waals surface area (Å²) >= 11 is 1.23. The first-order chi connectivity index (χ1) is 12.5. The second kappa shape index (κ2) is 8.82. The number of amides is 1. The second-order valence-corrected chi connectivity index (χ2v) is 10.6. The van der Waals surface area contributed by atoms with E-state index >= 15 is 0 Å². The molecule has 0 unspecified atom stereocenters. The largest absolute Gasteiger partial charge is 0.356 e. The summed E-state index contributed by atoms with van der Waals surface area (Å²) in [6, 6.07) is 3.37. The molecule has 1 amide bonds. The molecule has 6 nitrogen and oxygen atoms in total. The SMILES string of the molecule is C[C@@H](CNC(=O)[C@H]1CCCN(S(=O)(=O)c2cccs2)C1)CN1CCCC1. The predicted octanol–water partition coefficient (Wildman–Crippen LogP) is 2.00. The maximum atomic E-state index is 12.7. The van der Waals surface area contributed by atoms with Crippen LogP contribution in [0.2, 0.25) is 0 Å². The van der Waals surface area contributed by atoms with Crippen molar-refractivity contribution in [2.45, 2.75) is 36.8 Å². The number of thiophene rings is 1. The molecule has 3 heterocycles. The van der Waals surface area contributed by atoms with Crippen LogP contribution in [0.3, 0.4) is 0 Å². The van der Waals surface area contributed by atoms with Gasteiger partial charge in [0.15, 0.2) is 0 Å². The van der Waals surface area contributed by atoms with E-state index in [2.05, 4.69) is 17.1 Å². The zero-order chi connectivity index (χ0) is 18.6. The van der Waals surface area contributed by atoms with Crippen molar-refractivity contribution in [2.75, 3.05) is 39.3 Å². The lowest BCUT2D eigenvalue weighted by atomic mass is 9.98. The third kappa shape index (κ3) is 4.85. The highest BCUT2D eigenvalue weighted by atomic mass is 32.2. The topological polar surface area (TPSA) is 69.7 Å². The van der Waals surface area contributed by atoms with Crippen molar-refractivity contribution in [3.8, 4) is 0 Å². The van der Waals surface area contributed by atoms with E-state index in [9.17, 15) is 13.2 Å². The van der Waals surface area contributed by atoms with Crippen LogP contribution < -0.4 is 5.32 Å². The molecule has 1 aromatic rings. The van der Waals surface area contributed by atoms with Gasteiger partial charge in [-0.2, -0.15) is 4.31 Å². The van der Waals surface area contributed by atoms with Crippen LogP contribution in [0.5, 0.6) is 0 Å². The summed E-state index contributed by atoms with van der Waals surface area (Å²) in [4.78, 5) is 15.0. The smallest absolute Gasteiger partial charge is 0.252 e. The van der Waals surface area contributed by atoms with Gasteiger partial charge in [0.05, 0.1) is 5.92 Å². The number of piperidine rings is 1. The minimum absolute atomic E-state index is 0.00986. The molecular formula is C18H29N3O3S2. The second-order valence-electron chi connectivity index (χ2n) is 7.49. The van der Waals surface area contributed by atoms with E-state index in [0.29, 0.717) is 23.2 Å². The zero-order valence-corrected chi connectivity index (χ0v) is 17.0. The van der Waals surface area contributed by atoms with E-state index in [0.717, 1.165) is 32.5 Å². The number of nitrogens with one attached hydrogen (secondary N) is 1. The molecule has 0 saturated carbocycles. The molecule has 1 aromatic heterocycles. The van der Waals surface area contributed by atoms with Crippen molar-refractivity contribution in [2.24, 2.45) is 11.8 Å². The summed E-state index contributed by atoms with van der Waals surface area (Å²) in [7, 11) is -3.47. The Balaban J connectivity index is 1.50. The summed E-state index contributed by atoms with van der Waals surface area (Å²) in [5.74, 6) is 0.147. The Labute approximate surface area is 160 Å². The number of hydrogen-bond acceptors (Lipinski definition) is 5. The first-order valence-electron chi connectivity index (χ1n) is 9.50. The Morgan fingerprint density at radius 3 is 2.77 bits per heavy atom. The standard InChI is InChI=1S/C18H29N3O3S2/c1-15(13-20-8-2-3-9-20)12-19-18(22)16-6-4-10-21(14-16)26(23,24)17-7-5-11-25-17/h5,7,11,15-16H,2-4,6,8-10,12-14H2,1H3,(H,19,22)/t15-,16-/m0/s1. The highest BCUT2D eigenvalue weighted by Crippen LogP contribution is 2.26. The van der Waals surface area contributed by atoms with Crippen LogP contribution in [-0.4, -0.2) is 62.8 Å². The van der Waals surface area contributed by atoms with Crippen molar-refractivity contribution in [3.05, 3.63) is 17.5 Å². The molecule has 2 atom stereocenters. The Hall–Kier alpha value is -0.960. The Morgan fingerprint density at radius 2 is 2.08 bits per heavy atom. The van der Waals surface area contributed by atoms with Gasteiger partial charge in [-0.15, -0.1) is 11.3 Å². The van der Waals surface area contributed by atoms with Crippen molar-refractivity contribution < 1.29 is 13.2 Å². The number of nitrogens with zero attached hydrogens (tertiary/aromatic N) is 2. The molecule has 0 aliphatic carbocycles. The van der Waals surface area contributed by atoms with Gasteiger partial charge in [-0.05, 0) is 56.1 Å². The molecule has 2 saturated heterocycles. The van der Waals surface area contributed by atoms with Crippen molar-refractivity contribution in [1.82, 2.24) is 14.5 Å². The molecule has 8 heteroatoms. The summed E-state index contributed by atoms with van der Waals surface area (Å²) in [5.41, 5.74) is 0. The Morgan fingerprint density at radius 1 is 1.31 bits per heavy atom. The number of likely N-dealkylation sites (tertiary alicyclic amines) is 1. The third-order valence-electron chi connectivity index (χ3n) is 5.24. The predicted molar refractivity (Wildman–Crippen MR) is 104 cm³/mol. The quantitative estimate of drug-likeness (QED) is 0.761. The minimum atomic E-state index is -3.47. The van der Waals surface area contributed by atoms with Crippen LogP contribution in [0, 0.1) is 11.8 Å². The zero-order valence-electron chi connectivity index (χ0n) is 15.4. The van der Waals surface area contributed by atoms with Gasteiger partial charge in [0.25, 0.3) is 10.0 Å². The normalized spacial score (nSPS) is 23.8. The highest BCUT2D eigenvalue weighted by molar-refractivity contribution is 7.91. The van der Waals surface area contributed by atoms with Crippen molar-refractivity contribution in [3.63, 3.8) is 0 Å². The average molecular weight is 400 g/mol. The molecular weight excluding hydrogens is 370 g/mol. The van der Waals surface area contributed by atoms with Gasteiger partial charge in [-0.3, -0.25) is 4.79 Å². The van der Waals surface area contributed by atoms with Gasteiger partial charge in [0.2, 0.25) is 5.91 Å². The number of rotatable bonds is 7. The summed E-state index contributed by atoms with van der Waals surface area (Å²) in [6.45, 7) is 6.94. The number of carbonyl (C=O) groups is 1. The van der Waals surface area contributed by atoms with Crippen molar-refractivity contribution in [1.29, 1.82) is 0 Å². The molecule has 26 heavy (non-hydrogen) atoms.